The topological polar surface area (TPSA) is 103 Å². The smallest absolute Gasteiger partial charge is 0.253 e. The molecule has 0 aromatic carbocycles. The van der Waals surface area contributed by atoms with Gasteiger partial charge in [0.05, 0.1) is 9.85 Å². The van der Waals surface area contributed by atoms with Crippen molar-refractivity contribution in [1.29, 1.82) is 0 Å². The Morgan fingerprint density at radius 2 is 1.41 bits per heavy atom. The van der Waals surface area contributed by atoms with Gasteiger partial charge in [-0.1, -0.05) is 51.2 Å². The maximum absolute atomic E-state index is 11.2. The van der Waals surface area contributed by atoms with Gasteiger partial charge in [-0.25, -0.2) is 0 Å². The van der Waals surface area contributed by atoms with Gasteiger partial charge in [0, 0.05) is 6.42 Å². The molecule has 0 spiro atoms. The fourth-order valence-corrected chi connectivity index (χ4v) is 2.54. The van der Waals surface area contributed by atoms with Gasteiger partial charge in [-0.15, -0.1) is 0 Å². The van der Waals surface area contributed by atoms with E-state index in [4.69, 9.17) is 0 Å². The molecule has 0 fully saturated rings. The first-order valence-corrected chi connectivity index (χ1v) is 9.78. The number of nitro groups is 2. The Morgan fingerprint density at radius 3 is 2.04 bits per heavy atom. The van der Waals surface area contributed by atoms with E-state index in [1.165, 1.54) is 31.4 Å². The molecule has 0 saturated heterocycles. The van der Waals surface area contributed by atoms with Crippen molar-refractivity contribution >= 4 is 6.29 Å². The van der Waals surface area contributed by atoms with E-state index in [0.29, 0.717) is 19.3 Å². The van der Waals surface area contributed by atoms with E-state index in [2.05, 4.69) is 6.92 Å². The number of nitrogens with zero attached hydrogens (tertiary/aromatic N) is 2. The van der Waals surface area contributed by atoms with Crippen LogP contribution < -0.4 is 0 Å². The number of rotatable bonds is 17. The van der Waals surface area contributed by atoms with E-state index in [-0.39, 0.29) is 17.8 Å². The summed E-state index contributed by atoms with van der Waals surface area (Å²) in [6, 6.07) is 0. The molecular weight excluding hydrogens is 348 g/mol. The van der Waals surface area contributed by atoms with Crippen LogP contribution in [-0.4, -0.2) is 16.1 Å². The van der Waals surface area contributed by atoms with Gasteiger partial charge in [-0.2, -0.15) is 0 Å². The highest BCUT2D eigenvalue weighted by Crippen LogP contribution is 2.16. The fraction of sp³-hybridized carbons (Fsp3) is 0.650. The van der Waals surface area contributed by atoms with Gasteiger partial charge in [0.25, 0.3) is 11.4 Å². The summed E-state index contributed by atoms with van der Waals surface area (Å²) in [5.41, 5.74) is -0.264. The molecule has 152 valence electrons. The molecule has 0 aliphatic carbocycles. The largest absolute Gasteiger partial charge is 0.303 e. The van der Waals surface area contributed by atoms with Crippen LogP contribution in [0.15, 0.2) is 35.7 Å². The Hall–Kier alpha value is -2.31. The van der Waals surface area contributed by atoms with E-state index in [1.807, 2.05) is 6.08 Å². The molecule has 0 heterocycles. The Bertz CT molecular complexity index is 538. The van der Waals surface area contributed by atoms with Gasteiger partial charge in [0.2, 0.25) is 0 Å². The Morgan fingerprint density at radius 1 is 0.778 bits per heavy atom. The van der Waals surface area contributed by atoms with Gasteiger partial charge >= 0.3 is 0 Å². The second-order valence-electron chi connectivity index (χ2n) is 6.44. The number of unbranched alkanes of at least 4 members (excludes halogenated alkanes) is 8. The van der Waals surface area contributed by atoms with Crippen LogP contribution in [0.5, 0.6) is 0 Å². The van der Waals surface area contributed by atoms with E-state index in [0.717, 1.165) is 38.4 Å². The number of carbonyl (C=O) groups is 1. The predicted molar refractivity (Wildman–Crippen MR) is 106 cm³/mol. The van der Waals surface area contributed by atoms with E-state index in [1.54, 1.807) is 6.08 Å². The van der Waals surface area contributed by atoms with Gasteiger partial charge in [-0.3, -0.25) is 20.2 Å². The molecule has 0 amide bonds. The van der Waals surface area contributed by atoms with Crippen LogP contribution in [0.4, 0.5) is 0 Å². The van der Waals surface area contributed by atoms with Crippen LogP contribution in [0.2, 0.25) is 0 Å². The minimum absolute atomic E-state index is 0.110. The maximum Gasteiger partial charge on any atom is 0.253 e. The minimum Gasteiger partial charge on any atom is -0.303 e. The lowest BCUT2D eigenvalue weighted by atomic mass is 10.1. The van der Waals surface area contributed by atoms with Crippen molar-refractivity contribution in [2.75, 3.05) is 0 Å². The van der Waals surface area contributed by atoms with Crippen LogP contribution in [0.25, 0.3) is 0 Å². The van der Waals surface area contributed by atoms with Crippen molar-refractivity contribution < 1.29 is 14.6 Å². The summed E-state index contributed by atoms with van der Waals surface area (Å²) in [4.78, 5) is 31.5. The summed E-state index contributed by atoms with van der Waals surface area (Å²) < 4.78 is 0. The number of hydrogen-bond donors (Lipinski definition) is 0. The molecule has 0 rings (SSSR count). The first kappa shape index (κ1) is 24.7. The molecule has 7 nitrogen and oxygen atoms in total. The monoisotopic (exact) mass is 380 g/mol. The van der Waals surface area contributed by atoms with Crippen LogP contribution in [-0.2, 0) is 4.79 Å². The second-order valence-corrected chi connectivity index (χ2v) is 6.44. The standard InChI is InChI=1S/C20H32N2O5/c1-2-3-4-5-6-9-12-15-19(21(24)25)18-20(22(26)27)16-13-10-7-8-11-14-17-23/h7,10,15-17H,2-6,8-9,11-14,18H2,1H3/b10-7-,19-15+,20-16+. The molecule has 0 N–H and O–H groups in total. The summed E-state index contributed by atoms with van der Waals surface area (Å²) in [6.07, 6.45) is 16.6. The van der Waals surface area contributed by atoms with E-state index >= 15 is 0 Å². The number of hydrogen-bond acceptors (Lipinski definition) is 5. The summed E-state index contributed by atoms with van der Waals surface area (Å²) in [6.45, 7) is 2.15. The molecule has 0 unspecified atom stereocenters. The van der Waals surface area contributed by atoms with Crippen LogP contribution in [0.1, 0.15) is 84.0 Å². The van der Waals surface area contributed by atoms with Crippen molar-refractivity contribution in [3.8, 4) is 0 Å². The molecule has 0 aliphatic heterocycles. The molecular formula is C20H32N2O5. The molecule has 0 aromatic rings. The van der Waals surface area contributed by atoms with E-state index < -0.39 is 9.85 Å². The van der Waals surface area contributed by atoms with Gasteiger partial charge in [0.15, 0.2) is 0 Å². The number of allylic oxidation sites excluding steroid dienone is 4. The van der Waals surface area contributed by atoms with E-state index in [9.17, 15) is 25.0 Å². The molecule has 0 saturated carbocycles. The Kier molecular flexibility index (Phi) is 15.7. The van der Waals surface area contributed by atoms with Gasteiger partial charge in [0.1, 0.15) is 12.7 Å². The summed E-state index contributed by atoms with van der Waals surface area (Å²) in [5.74, 6) is 0. The zero-order chi connectivity index (χ0) is 20.3. The molecule has 0 aromatic heterocycles. The summed E-state index contributed by atoms with van der Waals surface area (Å²) in [5, 5.41) is 22.3. The maximum atomic E-state index is 11.2. The third kappa shape index (κ3) is 14.5. The van der Waals surface area contributed by atoms with Crippen molar-refractivity contribution in [2.45, 2.75) is 84.0 Å². The quantitative estimate of drug-likeness (QED) is 0.105. The first-order valence-electron chi connectivity index (χ1n) is 9.78. The number of carbonyl (C=O) groups excluding carboxylic acids is 1. The van der Waals surface area contributed by atoms with Crippen LogP contribution >= 0.6 is 0 Å². The Balaban J connectivity index is 4.54. The van der Waals surface area contributed by atoms with Crippen molar-refractivity contribution in [3.05, 3.63) is 55.9 Å². The lowest BCUT2D eigenvalue weighted by Gasteiger charge is -2.00. The normalized spacial score (nSPS) is 12.5. The average Bonchev–Trinajstić information content (AvgIpc) is 2.63. The second kappa shape index (κ2) is 17.1. The SMILES string of the molecule is CCCCCCCC/C=C(\C/C(=C\C/C=C\CCCC=O)[N+](=O)[O-])[N+](=O)[O-]. The van der Waals surface area contributed by atoms with Crippen molar-refractivity contribution in [3.63, 3.8) is 0 Å². The molecule has 0 bridgehead atoms. The molecule has 0 aliphatic rings. The van der Waals surface area contributed by atoms with Crippen LogP contribution in [0.3, 0.4) is 0 Å². The summed E-state index contributed by atoms with van der Waals surface area (Å²) in [7, 11) is 0. The highest BCUT2D eigenvalue weighted by atomic mass is 16.6. The highest BCUT2D eigenvalue weighted by Gasteiger charge is 2.20. The summed E-state index contributed by atoms with van der Waals surface area (Å²) >= 11 is 0. The van der Waals surface area contributed by atoms with Gasteiger partial charge in [-0.05, 0) is 44.3 Å². The number of aldehydes is 1. The third-order valence-electron chi connectivity index (χ3n) is 4.12. The molecule has 0 atom stereocenters. The average molecular weight is 380 g/mol. The highest BCUT2D eigenvalue weighted by molar-refractivity contribution is 5.49. The lowest BCUT2D eigenvalue weighted by molar-refractivity contribution is -0.450. The molecule has 27 heavy (non-hydrogen) atoms. The van der Waals surface area contributed by atoms with Crippen molar-refractivity contribution in [2.24, 2.45) is 0 Å². The predicted octanol–water partition coefficient (Wildman–Crippen LogP) is 5.76. The van der Waals surface area contributed by atoms with Crippen LogP contribution in [0, 0.1) is 20.2 Å². The molecule has 7 heteroatoms. The fourth-order valence-electron chi connectivity index (χ4n) is 2.54. The minimum atomic E-state index is -0.553. The third-order valence-corrected chi connectivity index (χ3v) is 4.12. The first-order chi connectivity index (χ1) is 13.0. The van der Waals surface area contributed by atoms with Gasteiger partial charge < -0.3 is 4.79 Å². The zero-order valence-corrected chi connectivity index (χ0v) is 16.3. The van der Waals surface area contributed by atoms with Crippen molar-refractivity contribution in [1.82, 2.24) is 0 Å². The lowest BCUT2D eigenvalue weighted by Crippen LogP contribution is -2.06. The molecule has 0 radical (unpaired) electrons. The Labute approximate surface area is 161 Å². The zero-order valence-electron chi connectivity index (χ0n) is 16.3.